The highest BCUT2D eigenvalue weighted by Crippen LogP contribution is 2.20. The highest BCUT2D eigenvalue weighted by atomic mass is 35.5. The quantitative estimate of drug-likeness (QED) is 0.813. The number of nitrogens with zero attached hydrogens (tertiary/aromatic N) is 2. The number of aromatic nitrogens is 1. The van der Waals surface area contributed by atoms with Crippen molar-refractivity contribution >= 4 is 17.4 Å². The summed E-state index contributed by atoms with van der Waals surface area (Å²) in [7, 11) is 0. The molecule has 1 fully saturated rings. The van der Waals surface area contributed by atoms with E-state index in [9.17, 15) is 0 Å². The second-order valence-corrected chi connectivity index (χ2v) is 4.41. The van der Waals surface area contributed by atoms with Crippen LogP contribution < -0.4 is 4.90 Å². The van der Waals surface area contributed by atoms with Crippen molar-refractivity contribution in [2.24, 2.45) is 0 Å². The van der Waals surface area contributed by atoms with E-state index in [1.807, 2.05) is 19.1 Å². The van der Waals surface area contributed by atoms with Crippen LogP contribution in [0.5, 0.6) is 0 Å². The van der Waals surface area contributed by atoms with Crippen LogP contribution in [0.25, 0.3) is 0 Å². The zero-order valence-electron chi connectivity index (χ0n) is 9.53. The standard InChI is InChI=1S/C12H17ClN2O/c1-2-16-11-5-7-15(8-6-11)12-4-3-10(13)9-14-12/h3-4,9,11H,2,5-8H2,1H3. The first kappa shape index (κ1) is 11.7. The van der Waals surface area contributed by atoms with Crippen molar-refractivity contribution in [1.29, 1.82) is 0 Å². The molecule has 0 aliphatic carbocycles. The van der Waals surface area contributed by atoms with Gasteiger partial charge in [0.1, 0.15) is 5.82 Å². The molecule has 0 radical (unpaired) electrons. The summed E-state index contributed by atoms with van der Waals surface area (Å²) in [5, 5.41) is 0.688. The van der Waals surface area contributed by atoms with Crippen molar-refractivity contribution in [3.63, 3.8) is 0 Å². The fraction of sp³-hybridized carbons (Fsp3) is 0.583. The average Bonchev–Trinajstić information content (AvgIpc) is 2.32. The van der Waals surface area contributed by atoms with Gasteiger partial charge < -0.3 is 9.64 Å². The third kappa shape index (κ3) is 2.86. The summed E-state index contributed by atoms with van der Waals surface area (Å²) >= 11 is 5.81. The van der Waals surface area contributed by atoms with Crippen LogP contribution in [0.3, 0.4) is 0 Å². The summed E-state index contributed by atoms with van der Waals surface area (Å²) in [6.45, 7) is 4.88. The fourth-order valence-electron chi connectivity index (χ4n) is 2.04. The topological polar surface area (TPSA) is 25.4 Å². The fourth-order valence-corrected chi connectivity index (χ4v) is 2.15. The molecule has 2 heterocycles. The van der Waals surface area contributed by atoms with Crippen LogP contribution in [0.2, 0.25) is 5.02 Å². The second kappa shape index (κ2) is 5.51. The Morgan fingerprint density at radius 2 is 2.19 bits per heavy atom. The highest BCUT2D eigenvalue weighted by Gasteiger charge is 2.19. The van der Waals surface area contributed by atoms with Crippen molar-refractivity contribution in [3.8, 4) is 0 Å². The third-order valence-corrected chi connectivity index (χ3v) is 3.10. The van der Waals surface area contributed by atoms with Gasteiger partial charge in [-0.15, -0.1) is 0 Å². The van der Waals surface area contributed by atoms with Gasteiger partial charge in [-0.05, 0) is 31.9 Å². The average molecular weight is 241 g/mol. The summed E-state index contributed by atoms with van der Waals surface area (Å²) in [6.07, 6.45) is 4.29. The smallest absolute Gasteiger partial charge is 0.128 e. The molecule has 3 nitrogen and oxygen atoms in total. The summed E-state index contributed by atoms with van der Waals surface area (Å²) in [5.74, 6) is 1.01. The molecule has 1 aromatic heterocycles. The van der Waals surface area contributed by atoms with E-state index < -0.39 is 0 Å². The van der Waals surface area contributed by atoms with Gasteiger partial charge in [0.25, 0.3) is 0 Å². The number of ether oxygens (including phenoxy) is 1. The summed E-state index contributed by atoms with van der Waals surface area (Å²) in [4.78, 5) is 6.61. The minimum Gasteiger partial charge on any atom is -0.378 e. The summed E-state index contributed by atoms with van der Waals surface area (Å²) < 4.78 is 5.62. The zero-order valence-corrected chi connectivity index (χ0v) is 10.3. The van der Waals surface area contributed by atoms with Crippen LogP contribution in [-0.2, 0) is 4.74 Å². The molecular formula is C12H17ClN2O. The number of halogens is 1. The summed E-state index contributed by atoms with van der Waals surface area (Å²) in [6, 6.07) is 3.86. The van der Waals surface area contributed by atoms with Gasteiger partial charge in [0.05, 0.1) is 11.1 Å². The van der Waals surface area contributed by atoms with Crippen LogP contribution in [-0.4, -0.2) is 30.8 Å². The van der Waals surface area contributed by atoms with Crippen LogP contribution in [0.15, 0.2) is 18.3 Å². The number of hydrogen-bond donors (Lipinski definition) is 0. The van der Waals surface area contributed by atoms with Crippen molar-refractivity contribution in [1.82, 2.24) is 4.98 Å². The largest absolute Gasteiger partial charge is 0.378 e. The molecule has 4 heteroatoms. The summed E-state index contributed by atoms with van der Waals surface area (Å²) in [5.41, 5.74) is 0. The lowest BCUT2D eigenvalue weighted by Gasteiger charge is -2.32. The van der Waals surface area contributed by atoms with Crippen molar-refractivity contribution in [2.75, 3.05) is 24.6 Å². The number of anilines is 1. The molecule has 0 atom stereocenters. The Bertz CT molecular complexity index is 320. The third-order valence-electron chi connectivity index (χ3n) is 2.88. The molecule has 0 unspecified atom stereocenters. The van der Waals surface area contributed by atoms with Crippen molar-refractivity contribution in [3.05, 3.63) is 23.4 Å². The Morgan fingerprint density at radius 1 is 1.44 bits per heavy atom. The maximum absolute atomic E-state index is 5.81. The Hall–Kier alpha value is -0.800. The second-order valence-electron chi connectivity index (χ2n) is 3.98. The van der Waals surface area contributed by atoms with Gasteiger partial charge >= 0.3 is 0 Å². The van der Waals surface area contributed by atoms with Gasteiger partial charge in [0.15, 0.2) is 0 Å². The molecule has 88 valence electrons. The lowest BCUT2D eigenvalue weighted by molar-refractivity contribution is 0.0458. The molecule has 1 aliphatic heterocycles. The van der Waals surface area contributed by atoms with Crippen LogP contribution >= 0.6 is 11.6 Å². The lowest BCUT2D eigenvalue weighted by atomic mass is 10.1. The first-order chi connectivity index (χ1) is 7.79. The maximum atomic E-state index is 5.81. The molecule has 1 aliphatic rings. The molecule has 16 heavy (non-hydrogen) atoms. The van der Waals surface area contributed by atoms with E-state index in [2.05, 4.69) is 9.88 Å². The first-order valence-electron chi connectivity index (χ1n) is 5.77. The van der Waals surface area contributed by atoms with Crippen molar-refractivity contribution in [2.45, 2.75) is 25.9 Å². The molecule has 0 bridgehead atoms. The first-order valence-corrected chi connectivity index (χ1v) is 6.15. The predicted octanol–water partition coefficient (Wildman–Crippen LogP) is 2.74. The Kier molecular flexibility index (Phi) is 4.02. The monoisotopic (exact) mass is 240 g/mol. The van der Waals surface area contributed by atoms with Gasteiger partial charge in [-0.25, -0.2) is 4.98 Å². The van der Waals surface area contributed by atoms with Crippen molar-refractivity contribution < 1.29 is 4.74 Å². The predicted molar refractivity (Wildman–Crippen MR) is 66.1 cm³/mol. The molecule has 0 aromatic carbocycles. The minimum absolute atomic E-state index is 0.425. The van der Waals surface area contributed by atoms with E-state index in [4.69, 9.17) is 16.3 Å². The van der Waals surface area contributed by atoms with Crippen LogP contribution in [0, 0.1) is 0 Å². The molecular weight excluding hydrogens is 224 g/mol. The van der Waals surface area contributed by atoms with Crippen LogP contribution in [0.4, 0.5) is 5.82 Å². The molecule has 1 aromatic rings. The molecule has 1 saturated heterocycles. The van der Waals surface area contributed by atoms with Gasteiger partial charge in [-0.3, -0.25) is 0 Å². The van der Waals surface area contributed by atoms with Gasteiger partial charge in [-0.2, -0.15) is 0 Å². The van der Waals surface area contributed by atoms with Crippen LogP contribution in [0.1, 0.15) is 19.8 Å². The lowest BCUT2D eigenvalue weighted by Crippen LogP contribution is -2.37. The maximum Gasteiger partial charge on any atom is 0.128 e. The molecule has 0 amide bonds. The minimum atomic E-state index is 0.425. The highest BCUT2D eigenvalue weighted by molar-refractivity contribution is 6.30. The van der Waals surface area contributed by atoms with E-state index in [0.29, 0.717) is 11.1 Å². The number of piperidine rings is 1. The van der Waals surface area contributed by atoms with E-state index in [1.54, 1.807) is 6.20 Å². The normalized spacial score (nSPS) is 17.8. The number of hydrogen-bond acceptors (Lipinski definition) is 3. The zero-order chi connectivity index (χ0) is 11.4. The number of rotatable bonds is 3. The van der Waals surface area contributed by atoms with E-state index in [-0.39, 0.29) is 0 Å². The van der Waals surface area contributed by atoms with Gasteiger partial charge in [0, 0.05) is 25.9 Å². The van der Waals surface area contributed by atoms with E-state index in [1.165, 1.54) is 0 Å². The molecule has 0 saturated carbocycles. The SMILES string of the molecule is CCOC1CCN(c2ccc(Cl)cn2)CC1. The molecule has 0 N–H and O–H groups in total. The Morgan fingerprint density at radius 3 is 2.75 bits per heavy atom. The number of pyridine rings is 1. The Balaban J connectivity index is 1.91. The van der Waals surface area contributed by atoms with Gasteiger partial charge in [0.2, 0.25) is 0 Å². The molecule has 0 spiro atoms. The van der Waals surface area contributed by atoms with E-state index >= 15 is 0 Å². The Labute approximate surface area is 101 Å². The van der Waals surface area contributed by atoms with E-state index in [0.717, 1.165) is 38.4 Å². The molecule has 2 rings (SSSR count). The van der Waals surface area contributed by atoms with Gasteiger partial charge in [-0.1, -0.05) is 11.6 Å².